The molecular formula is C18H17Cl2NO5. The van der Waals surface area contributed by atoms with Crippen LogP contribution in [0.2, 0.25) is 10.0 Å². The molecule has 26 heavy (non-hydrogen) atoms. The number of esters is 1. The van der Waals surface area contributed by atoms with Crippen molar-refractivity contribution in [3.8, 4) is 11.5 Å². The van der Waals surface area contributed by atoms with Gasteiger partial charge in [-0.15, -0.1) is 0 Å². The van der Waals surface area contributed by atoms with Gasteiger partial charge >= 0.3 is 5.97 Å². The Morgan fingerprint density at radius 3 is 2.38 bits per heavy atom. The Balaban J connectivity index is 2.02. The summed E-state index contributed by atoms with van der Waals surface area (Å²) in [5, 5.41) is 3.17. The number of hydrogen-bond acceptors (Lipinski definition) is 5. The topological polar surface area (TPSA) is 73.9 Å². The van der Waals surface area contributed by atoms with Gasteiger partial charge in [0.1, 0.15) is 0 Å². The number of anilines is 1. The van der Waals surface area contributed by atoms with Gasteiger partial charge in [-0.2, -0.15) is 0 Å². The number of carbonyl (C=O) groups is 2. The number of rotatable bonds is 6. The second-order valence-corrected chi connectivity index (χ2v) is 6.12. The van der Waals surface area contributed by atoms with Crippen LogP contribution in [0.3, 0.4) is 0 Å². The predicted molar refractivity (Wildman–Crippen MR) is 99.7 cm³/mol. The fraction of sp³-hybridized carbons (Fsp3) is 0.222. The van der Waals surface area contributed by atoms with Gasteiger partial charge < -0.3 is 19.5 Å². The van der Waals surface area contributed by atoms with E-state index in [1.807, 2.05) is 6.92 Å². The van der Waals surface area contributed by atoms with E-state index in [-0.39, 0.29) is 16.3 Å². The second-order valence-electron chi connectivity index (χ2n) is 5.30. The van der Waals surface area contributed by atoms with Gasteiger partial charge in [0.05, 0.1) is 35.5 Å². The van der Waals surface area contributed by atoms with Crippen LogP contribution in [0.1, 0.15) is 15.9 Å². The molecule has 0 radical (unpaired) electrons. The van der Waals surface area contributed by atoms with Gasteiger partial charge in [-0.1, -0.05) is 29.3 Å². The van der Waals surface area contributed by atoms with E-state index in [9.17, 15) is 9.59 Å². The lowest BCUT2D eigenvalue weighted by atomic mass is 10.2. The summed E-state index contributed by atoms with van der Waals surface area (Å²) in [6.07, 6.45) is 0. The summed E-state index contributed by atoms with van der Waals surface area (Å²) in [6.45, 7) is 1.41. The van der Waals surface area contributed by atoms with Gasteiger partial charge in [-0.3, -0.25) is 4.79 Å². The molecule has 0 unspecified atom stereocenters. The second kappa shape index (κ2) is 8.78. The number of halogens is 2. The molecule has 0 spiro atoms. The summed E-state index contributed by atoms with van der Waals surface area (Å²) >= 11 is 12.1. The average molecular weight is 398 g/mol. The lowest BCUT2D eigenvalue weighted by molar-refractivity contribution is -0.119. The van der Waals surface area contributed by atoms with E-state index >= 15 is 0 Å². The quantitative estimate of drug-likeness (QED) is 0.742. The van der Waals surface area contributed by atoms with Gasteiger partial charge in [0.2, 0.25) is 0 Å². The Labute approximate surface area is 160 Å². The molecule has 0 saturated carbocycles. The third kappa shape index (κ3) is 4.80. The van der Waals surface area contributed by atoms with E-state index in [0.29, 0.717) is 16.5 Å². The highest BCUT2D eigenvalue weighted by Gasteiger charge is 2.17. The van der Waals surface area contributed by atoms with Gasteiger partial charge in [-0.25, -0.2) is 4.79 Å². The number of aryl methyl sites for hydroxylation is 1. The predicted octanol–water partition coefficient (Wildman–Crippen LogP) is 4.11. The molecule has 0 aliphatic carbocycles. The molecular weight excluding hydrogens is 381 g/mol. The molecule has 6 nitrogen and oxygen atoms in total. The zero-order chi connectivity index (χ0) is 19.3. The summed E-state index contributed by atoms with van der Waals surface area (Å²) in [4.78, 5) is 24.1. The van der Waals surface area contributed by atoms with Crippen LogP contribution < -0.4 is 14.8 Å². The van der Waals surface area contributed by atoms with Gasteiger partial charge in [-0.05, 0) is 36.8 Å². The van der Waals surface area contributed by atoms with Crippen LogP contribution in [0.4, 0.5) is 5.69 Å². The summed E-state index contributed by atoms with van der Waals surface area (Å²) < 4.78 is 15.2. The highest BCUT2D eigenvalue weighted by Crippen LogP contribution is 2.36. The lowest BCUT2D eigenvalue weighted by Gasteiger charge is -2.12. The standard InChI is InChI=1S/C18H17Cl2NO5/c1-10-4-5-14(12(19)6-10)21-16(22)9-26-18(23)11-7-13(20)17(25-3)15(8-11)24-2/h4-8H,9H2,1-3H3,(H,21,22). The smallest absolute Gasteiger partial charge is 0.338 e. The van der Waals surface area contributed by atoms with E-state index in [0.717, 1.165) is 5.56 Å². The molecule has 138 valence electrons. The molecule has 0 fully saturated rings. The minimum Gasteiger partial charge on any atom is -0.493 e. The molecule has 2 aromatic carbocycles. The summed E-state index contributed by atoms with van der Waals surface area (Å²) in [7, 11) is 2.85. The van der Waals surface area contributed by atoms with Crippen molar-refractivity contribution < 1.29 is 23.8 Å². The Hall–Kier alpha value is -2.44. The normalized spacial score (nSPS) is 10.2. The first-order chi connectivity index (χ1) is 12.3. The van der Waals surface area contributed by atoms with Crippen LogP contribution in [0.25, 0.3) is 0 Å². The van der Waals surface area contributed by atoms with E-state index < -0.39 is 18.5 Å². The number of carbonyl (C=O) groups excluding carboxylic acids is 2. The molecule has 0 bridgehead atoms. The van der Waals surface area contributed by atoms with Crippen LogP contribution in [0, 0.1) is 6.92 Å². The Morgan fingerprint density at radius 1 is 1.04 bits per heavy atom. The van der Waals surface area contributed by atoms with Crippen LogP contribution in [0.15, 0.2) is 30.3 Å². The molecule has 1 N–H and O–H groups in total. The van der Waals surface area contributed by atoms with Crippen molar-refractivity contribution in [3.63, 3.8) is 0 Å². The van der Waals surface area contributed by atoms with E-state index in [2.05, 4.69) is 5.32 Å². The first-order valence-electron chi connectivity index (χ1n) is 7.50. The van der Waals surface area contributed by atoms with E-state index in [1.165, 1.54) is 26.4 Å². The maximum Gasteiger partial charge on any atom is 0.338 e. The minimum atomic E-state index is -0.724. The van der Waals surface area contributed by atoms with Crippen molar-refractivity contribution in [2.24, 2.45) is 0 Å². The van der Waals surface area contributed by atoms with Crippen molar-refractivity contribution >= 4 is 40.8 Å². The van der Waals surface area contributed by atoms with Crippen molar-refractivity contribution in [1.29, 1.82) is 0 Å². The maximum absolute atomic E-state index is 12.1. The molecule has 8 heteroatoms. The SMILES string of the molecule is COc1cc(C(=O)OCC(=O)Nc2ccc(C)cc2Cl)cc(Cl)c1OC. The largest absolute Gasteiger partial charge is 0.493 e. The fourth-order valence-corrected chi connectivity index (χ4v) is 2.73. The van der Waals surface area contributed by atoms with Gasteiger partial charge in [0.25, 0.3) is 5.91 Å². The molecule has 2 rings (SSSR count). The Morgan fingerprint density at radius 2 is 1.77 bits per heavy atom. The minimum absolute atomic E-state index is 0.133. The molecule has 1 amide bonds. The van der Waals surface area contributed by atoms with E-state index in [4.69, 9.17) is 37.4 Å². The lowest BCUT2D eigenvalue weighted by Crippen LogP contribution is -2.21. The van der Waals surface area contributed by atoms with Crippen LogP contribution in [0.5, 0.6) is 11.5 Å². The van der Waals surface area contributed by atoms with Crippen LogP contribution in [-0.2, 0) is 9.53 Å². The first-order valence-corrected chi connectivity index (χ1v) is 8.26. The summed E-state index contributed by atoms with van der Waals surface area (Å²) in [6, 6.07) is 7.99. The molecule has 2 aromatic rings. The number of benzene rings is 2. The zero-order valence-electron chi connectivity index (χ0n) is 14.4. The number of hydrogen-bond donors (Lipinski definition) is 1. The number of amides is 1. The zero-order valence-corrected chi connectivity index (χ0v) is 15.9. The fourth-order valence-electron chi connectivity index (χ4n) is 2.16. The molecule has 0 heterocycles. The van der Waals surface area contributed by atoms with Crippen molar-refractivity contribution in [1.82, 2.24) is 0 Å². The van der Waals surface area contributed by atoms with Gasteiger partial charge in [0, 0.05) is 0 Å². The first kappa shape index (κ1) is 19.9. The molecule has 0 atom stereocenters. The monoisotopic (exact) mass is 397 g/mol. The highest BCUT2D eigenvalue weighted by molar-refractivity contribution is 6.34. The maximum atomic E-state index is 12.1. The third-order valence-corrected chi connectivity index (χ3v) is 4.00. The Bertz CT molecular complexity index is 839. The van der Waals surface area contributed by atoms with E-state index in [1.54, 1.807) is 18.2 Å². The average Bonchev–Trinajstić information content (AvgIpc) is 2.61. The summed E-state index contributed by atoms with van der Waals surface area (Å²) in [5.41, 5.74) is 1.53. The molecule has 0 saturated heterocycles. The highest BCUT2D eigenvalue weighted by atomic mass is 35.5. The number of nitrogens with one attached hydrogen (secondary N) is 1. The van der Waals surface area contributed by atoms with Crippen LogP contribution in [-0.4, -0.2) is 32.7 Å². The van der Waals surface area contributed by atoms with Gasteiger partial charge in [0.15, 0.2) is 18.1 Å². The molecule has 0 aromatic heterocycles. The van der Waals surface area contributed by atoms with Crippen LogP contribution >= 0.6 is 23.2 Å². The van der Waals surface area contributed by atoms with Crippen molar-refractivity contribution in [2.45, 2.75) is 6.92 Å². The number of ether oxygens (including phenoxy) is 3. The summed E-state index contributed by atoms with van der Waals surface area (Å²) in [5.74, 6) is -0.658. The third-order valence-electron chi connectivity index (χ3n) is 3.40. The number of methoxy groups -OCH3 is 2. The molecule has 0 aliphatic rings. The van der Waals surface area contributed by atoms with Crippen molar-refractivity contribution in [2.75, 3.05) is 26.1 Å². The Kier molecular flexibility index (Phi) is 6.71. The molecule has 0 aliphatic heterocycles. The van der Waals surface area contributed by atoms with Crippen molar-refractivity contribution in [3.05, 3.63) is 51.5 Å².